The lowest BCUT2D eigenvalue weighted by Crippen LogP contribution is -2.44. The van der Waals surface area contributed by atoms with E-state index in [2.05, 4.69) is 30.9 Å². The van der Waals surface area contributed by atoms with Crippen LogP contribution in [0, 0.1) is 0 Å². The largest absolute Gasteiger partial charge is 0.510 e. The van der Waals surface area contributed by atoms with E-state index in [1.54, 1.807) is 0 Å². The fourth-order valence-corrected chi connectivity index (χ4v) is 12.0. The number of cyclic esters (lactones) is 4. The second kappa shape index (κ2) is 10.6. The normalized spacial score (nSPS) is 22.6. The van der Waals surface area contributed by atoms with Crippen molar-refractivity contribution in [1.82, 2.24) is 0 Å². The van der Waals surface area contributed by atoms with Crippen molar-refractivity contribution in [3.8, 4) is 0 Å². The molecule has 2 atom stereocenters. The third kappa shape index (κ3) is 8.90. The molecule has 0 aliphatic carbocycles. The molecule has 2 aliphatic rings. The molecule has 0 aromatic carbocycles. The molecule has 0 radical (unpaired) electrons. The maximum Gasteiger partial charge on any atom is 0.510 e. The first-order valence-corrected chi connectivity index (χ1v) is 15.9. The molecule has 0 aromatic rings. The highest BCUT2D eigenvalue weighted by atomic mass is 28.4. The van der Waals surface area contributed by atoms with Gasteiger partial charge in [0.25, 0.3) is 0 Å². The van der Waals surface area contributed by atoms with E-state index in [4.69, 9.17) is 27.8 Å². The molecule has 0 bridgehead atoms. The molecular weight excluding hydrogens is 404 g/mol. The standard InChI is InChI=1S/C17H32O9Si2/c1-27(2,9-5-7-20-11-14-12-22-16(18)24-14)26-28(3,4)10-6-8-21-15-13-23-17(19)25-15/h14-15H,5-13H2,1-4H3. The fraction of sp³-hybridized carbons (Fsp3) is 0.882. The number of hydrogen-bond acceptors (Lipinski definition) is 9. The first-order valence-electron chi connectivity index (χ1n) is 9.72. The van der Waals surface area contributed by atoms with Crippen molar-refractivity contribution >= 4 is 28.9 Å². The lowest BCUT2D eigenvalue weighted by molar-refractivity contribution is -0.0769. The molecule has 2 heterocycles. The molecule has 2 saturated heterocycles. The van der Waals surface area contributed by atoms with Gasteiger partial charge in [-0.05, 0) is 51.1 Å². The summed E-state index contributed by atoms with van der Waals surface area (Å²) in [5.41, 5.74) is 0. The van der Waals surface area contributed by atoms with Crippen LogP contribution >= 0.6 is 0 Å². The van der Waals surface area contributed by atoms with Crippen molar-refractivity contribution in [2.75, 3.05) is 33.0 Å². The third-order valence-electron chi connectivity index (χ3n) is 4.37. The highest BCUT2D eigenvalue weighted by Crippen LogP contribution is 2.24. The Morgan fingerprint density at radius 1 is 0.893 bits per heavy atom. The van der Waals surface area contributed by atoms with Crippen LogP contribution in [0.2, 0.25) is 38.3 Å². The molecule has 28 heavy (non-hydrogen) atoms. The second-order valence-electron chi connectivity index (χ2n) is 8.18. The molecule has 2 fully saturated rings. The van der Waals surface area contributed by atoms with E-state index in [0.29, 0.717) is 19.8 Å². The first kappa shape index (κ1) is 23.1. The van der Waals surface area contributed by atoms with Gasteiger partial charge in [0.1, 0.15) is 6.61 Å². The number of carbonyl (C=O) groups excluding carboxylic acids is 2. The molecule has 0 N–H and O–H groups in total. The van der Waals surface area contributed by atoms with Gasteiger partial charge in [-0.1, -0.05) is 0 Å². The van der Waals surface area contributed by atoms with Gasteiger partial charge in [0.05, 0.1) is 13.2 Å². The van der Waals surface area contributed by atoms with Gasteiger partial charge in [0.2, 0.25) is 6.29 Å². The van der Waals surface area contributed by atoms with Crippen molar-refractivity contribution in [2.45, 2.75) is 63.5 Å². The number of rotatable bonds is 13. The van der Waals surface area contributed by atoms with Crippen LogP contribution in [-0.4, -0.2) is 74.4 Å². The van der Waals surface area contributed by atoms with Gasteiger partial charge in [-0.15, -0.1) is 0 Å². The molecule has 0 spiro atoms. The Kier molecular flexibility index (Phi) is 8.74. The third-order valence-corrected chi connectivity index (χ3v) is 11.9. The fourth-order valence-electron chi connectivity index (χ4n) is 3.22. The van der Waals surface area contributed by atoms with E-state index >= 15 is 0 Å². The van der Waals surface area contributed by atoms with Crippen LogP contribution in [0.4, 0.5) is 9.59 Å². The molecule has 0 amide bonds. The van der Waals surface area contributed by atoms with E-state index in [9.17, 15) is 9.59 Å². The molecule has 11 heteroatoms. The highest BCUT2D eigenvalue weighted by Gasteiger charge is 2.33. The predicted octanol–water partition coefficient (Wildman–Crippen LogP) is 3.25. The van der Waals surface area contributed by atoms with E-state index < -0.39 is 35.2 Å². The van der Waals surface area contributed by atoms with Crippen molar-refractivity contribution < 1.29 is 42.1 Å². The topological polar surface area (TPSA) is 98.8 Å². The Bertz CT molecular complexity index is 527. The summed E-state index contributed by atoms with van der Waals surface area (Å²) in [5, 5.41) is 0. The van der Waals surface area contributed by atoms with Crippen LogP contribution in [-0.2, 0) is 32.5 Å². The quantitative estimate of drug-likeness (QED) is 0.245. The van der Waals surface area contributed by atoms with Crippen LogP contribution in [0.5, 0.6) is 0 Å². The van der Waals surface area contributed by atoms with Crippen LogP contribution in [0.3, 0.4) is 0 Å². The Labute approximate surface area is 168 Å². The zero-order chi connectivity index (χ0) is 20.6. The van der Waals surface area contributed by atoms with Crippen molar-refractivity contribution in [2.24, 2.45) is 0 Å². The molecule has 9 nitrogen and oxygen atoms in total. The van der Waals surface area contributed by atoms with Crippen LogP contribution in [0.15, 0.2) is 0 Å². The zero-order valence-electron chi connectivity index (χ0n) is 17.2. The molecule has 0 aromatic heterocycles. The van der Waals surface area contributed by atoms with E-state index in [1.165, 1.54) is 0 Å². The summed E-state index contributed by atoms with van der Waals surface area (Å²) in [4.78, 5) is 21.7. The minimum absolute atomic E-state index is 0.161. The Hall–Kier alpha value is -1.15. The summed E-state index contributed by atoms with van der Waals surface area (Å²) >= 11 is 0. The zero-order valence-corrected chi connectivity index (χ0v) is 19.2. The van der Waals surface area contributed by atoms with Gasteiger partial charge in [-0.2, -0.15) is 0 Å². The lowest BCUT2D eigenvalue weighted by Gasteiger charge is -2.34. The maximum absolute atomic E-state index is 10.8. The number of carbonyl (C=O) groups is 2. The predicted molar refractivity (Wildman–Crippen MR) is 104 cm³/mol. The first-order chi connectivity index (χ1) is 13.2. The van der Waals surface area contributed by atoms with Gasteiger partial charge < -0.3 is 32.5 Å². The van der Waals surface area contributed by atoms with Crippen LogP contribution < -0.4 is 0 Å². The SMILES string of the molecule is C[Si](C)(CCCOCC1COC(=O)O1)O[Si](C)(C)CCCOC1COC(=O)O1. The van der Waals surface area contributed by atoms with E-state index in [1.807, 2.05) is 0 Å². The summed E-state index contributed by atoms with van der Waals surface area (Å²) in [6.45, 7) is 10.9. The highest BCUT2D eigenvalue weighted by molar-refractivity contribution is 6.84. The average Bonchev–Trinajstić information content (AvgIpc) is 3.18. The molecule has 2 rings (SSSR count). The van der Waals surface area contributed by atoms with Gasteiger partial charge in [-0.3, -0.25) is 0 Å². The van der Waals surface area contributed by atoms with Gasteiger partial charge in [0.15, 0.2) is 29.3 Å². The maximum atomic E-state index is 10.8. The summed E-state index contributed by atoms with van der Waals surface area (Å²) in [6, 6.07) is 1.99. The molecule has 0 saturated carbocycles. The number of ether oxygens (including phenoxy) is 6. The van der Waals surface area contributed by atoms with Gasteiger partial charge in [-0.25, -0.2) is 9.59 Å². The Morgan fingerprint density at radius 2 is 1.50 bits per heavy atom. The monoisotopic (exact) mass is 436 g/mol. The Morgan fingerprint density at radius 3 is 2.07 bits per heavy atom. The summed E-state index contributed by atoms with van der Waals surface area (Å²) < 4.78 is 36.8. The summed E-state index contributed by atoms with van der Waals surface area (Å²) in [6.07, 6.45) is -0.377. The average molecular weight is 437 g/mol. The van der Waals surface area contributed by atoms with Gasteiger partial charge in [0, 0.05) is 6.61 Å². The lowest BCUT2D eigenvalue weighted by atomic mass is 10.4. The minimum Gasteiger partial charge on any atom is -0.455 e. The van der Waals surface area contributed by atoms with Crippen molar-refractivity contribution in [1.29, 1.82) is 0 Å². The molecule has 2 aliphatic heterocycles. The smallest absolute Gasteiger partial charge is 0.455 e. The Balaban J connectivity index is 1.54. The molecule has 2 unspecified atom stereocenters. The van der Waals surface area contributed by atoms with Crippen LogP contribution in [0.25, 0.3) is 0 Å². The molecular formula is C17H32O9Si2. The van der Waals surface area contributed by atoms with Crippen molar-refractivity contribution in [3.63, 3.8) is 0 Å². The number of hydrogen-bond donors (Lipinski definition) is 0. The van der Waals surface area contributed by atoms with Gasteiger partial charge >= 0.3 is 12.3 Å². The van der Waals surface area contributed by atoms with E-state index in [0.717, 1.165) is 24.9 Å². The molecule has 162 valence electrons. The summed E-state index contributed by atoms with van der Waals surface area (Å²) in [7, 11) is -3.58. The van der Waals surface area contributed by atoms with E-state index in [-0.39, 0.29) is 19.3 Å². The second-order valence-corrected chi connectivity index (χ2v) is 17.0. The van der Waals surface area contributed by atoms with Crippen molar-refractivity contribution in [3.05, 3.63) is 0 Å². The summed E-state index contributed by atoms with van der Waals surface area (Å²) in [5.74, 6) is 0. The van der Waals surface area contributed by atoms with Crippen LogP contribution in [0.1, 0.15) is 12.8 Å². The minimum atomic E-state index is -1.80.